The molecule has 2 N–H and O–H groups in total. The van der Waals surface area contributed by atoms with Gasteiger partial charge in [-0.15, -0.1) is 11.3 Å². The van der Waals surface area contributed by atoms with Crippen LogP contribution in [0.4, 0.5) is 0 Å². The fourth-order valence-corrected chi connectivity index (χ4v) is 4.23. The van der Waals surface area contributed by atoms with Gasteiger partial charge >= 0.3 is 5.97 Å². The topological polar surface area (TPSA) is 88.5 Å². The molecular weight excluding hydrogens is 364 g/mol. The molecule has 1 amide bonds. The molecule has 3 rings (SSSR count). The van der Waals surface area contributed by atoms with Crippen molar-refractivity contribution in [3.63, 3.8) is 0 Å². The second-order valence-electron chi connectivity index (χ2n) is 6.77. The quantitative estimate of drug-likeness (QED) is 0.756. The number of ether oxygens (including phenoxy) is 1. The highest BCUT2D eigenvalue weighted by atomic mass is 32.1. The normalized spacial score (nSPS) is 15.9. The highest BCUT2D eigenvalue weighted by molar-refractivity contribution is 7.13. The van der Waals surface area contributed by atoms with Crippen LogP contribution in [0.5, 0.6) is 5.75 Å². The van der Waals surface area contributed by atoms with Gasteiger partial charge in [0.15, 0.2) is 0 Å². The maximum Gasteiger partial charge on any atom is 0.329 e. The summed E-state index contributed by atoms with van der Waals surface area (Å²) in [6.45, 7) is 2.56. The van der Waals surface area contributed by atoms with E-state index in [1.807, 2.05) is 36.6 Å². The van der Waals surface area contributed by atoms with E-state index in [0.717, 1.165) is 35.6 Å². The van der Waals surface area contributed by atoms with E-state index in [1.165, 1.54) is 11.3 Å². The van der Waals surface area contributed by atoms with Gasteiger partial charge < -0.3 is 15.2 Å². The van der Waals surface area contributed by atoms with Crippen LogP contribution in [0.25, 0.3) is 10.6 Å². The molecule has 1 saturated carbocycles. The summed E-state index contributed by atoms with van der Waals surface area (Å²) in [6.07, 6.45) is 3.73. The molecule has 1 fully saturated rings. The van der Waals surface area contributed by atoms with Gasteiger partial charge in [-0.2, -0.15) is 0 Å². The third-order valence-electron chi connectivity index (χ3n) is 4.80. The molecule has 0 radical (unpaired) electrons. The molecule has 0 saturated heterocycles. The van der Waals surface area contributed by atoms with E-state index in [-0.39, 0.29) is 12.3 Å². The van der Waals surface area contributed by atoms with Gasteiger partial charge in [0.05, 0.1) is 18.7 Å². The monoisotopic (exact) mass is 388 g/mol. The van der Waals surface area contributed by atoms with E-state index < -0.39 is 11.5 Å². The average molecular weight is 388 g/mol. The molecule has 2 aromatic rings. The number of aromatic nitrogens is 1. The number of carbonyl (C=O) groups is 2. The first-order valence-electron chi connectivity index (χ1n) is 9.24. The predicted octanol–water partition coefficient (Wildman–Crippen LogP) is 3.66. The summed E-state index contributed by atoms with van der Waals surface area (Å²) >= 11 is 1.47. The van der Waals surface area contributed by atoms with E-state index in [9.17, 15) is 14.7 Å². The lowest BCUT2D eigenvalue weighted by molar-refractivity contribution is -0.149. The number of carboxylic acid groups (broad SMARTS) is 1. The van der Waals surface area contributed by atoms with Crippen LogP contribution in [-0.4, -0.2) is 34.1 Å². The van der Waals surface area contributed by atoms with Gasteiger partial charge in [0.2, 0.25) is 5.91 Å². The Labute approximate surface area is 162 Å². The highest BCUT2D eigenvalue weighted by Gasteiger charge is 2.40. The molecule has 1 aromatic heterocycles. The van der Waals surface area contributed by atoms with Gasteiger partial charge in [0.1, 0.15) is 16.3 Å². The fraction of sp³-hybridized carbons (Fsp3) is 0.450. The molecule has 1 aromatic carbocycles. The summed E-state index contributed by atoms with van der Waals surface area (Å²) in [5, 5.41) is 15.0. The Balaban J connectivity index is 1.64. The van der Waals surface area contributed by atoms with Crippen molar-refractivity contribution < 1.29 is 19.4 Å². The molecule has 1 aliphatic rings. The summed E-state index contributed by atoms with van der Waals surface area (Å²) in [7, 11) is 0. The number of nitrogens with zero attached hydrogens (tertiary/aromatic N) is 1. The number of benzene rings is 1. The Morgan fingerprint density at radius 2 is 1.93 bits per heavy atom. The largest absolute Gasteiger partial charge is 0.494 e. The fourth-order valence-electron chi connectivity index (χ4n) is 3.40. The van der Waals surface area contributed by atoms with Gasteiger partial charge in [-0.3, -0.25) is 4.79 Å². The van der Waals surface area contributed by atoms with Crippen LogP contribution in [0.1, 0.15) is 44.7 Å². The van der Waals surface area contributed by atoms with Gasteiger partial charge in [-0.25, -0.2) is 9.78 Å². The van der Waals surface area contributed by atoms with E-state index in [4.69, 9.17) is 4.74 Å². The maximum absolute atomic E-state index is 12.4. The van der Waals surface area contributed by atoms with Gasteiger partial charge in [0.25, 0.3) is 0 Å². The Morgan fingerprint density at radius 3 is 2.56 bits per heavy atom. The molecule has 1 aliphatic carbocycles. The molecule has 6 nitrogen and oxygen atoms in total. The lowest BCUT2D eigenvalue weighted by Crippen LogP contribution is -2.56. The minimum absolute atomic E-state index is 0.0859. The summed E-state index contributed by atoms with van der Waals surface area (Å²) in [5.74, 6) is -0.421. The molecule has 0 unspecified atom stereocenters. The number of hydrogen-bond acceptors (Lipinski definition) is 5. The number of hydrogen-bond donors (Lipinski definition) is 2. The van der Waals surface area contributed by atoms with Crippen molar-refractivity contribution in [1.29, 1.82) is 0 Å². The number of aliphatic carboxylic acids is 1. The zero-order chi connectivity index (χ0) is 19.3. The van der Waals surface area contributed by atoms with E-state index in [0.29, 0.717) is 25.1 Å². The van der Waals surface area contributed by atoms with Gasteiger partial charge in [-0.05, 0) is 44.0 Å². The standard InChI is InChI=1S/C20H24N2O4S/c1-2-26-16-8-6-14(7-9-16)18-21-15(13-27-18)12-17(23)22-20(19(24)25)10-4-3-5-11-20/h6-9,13H,2-5,10-12H2,1H3,(H,22,23)(H,24,25). The smallest absolute Gasteiger partial charge is 0.329 e. The zero-order valence-electron chi connectivity index (χ0n) is 15.4. The van der Waals surface area contributed by atoms with Crippen molar-refractivity contribution in [2.45, 2.75) is 51.0 Å². The third-order valence-corrected chi connectivity index (χ3v) is 5.74. The molecule has 1 heterocycles. The lowest BCUT2D eigenvalue weighted by Gasteiger charge is -2.33. The van der Waals surface area contributed by atoms with Crippen LogP contribution in [0.3, 0.4) is 0 Å². The minimum Gasteiger partial charge on any atom is -0.494 e. The second kappa shape index (κ2) is 8.52. The van der Waals surface area contributed by atoms with Crippen molar-refractivity contribution in [2.24, 2.45) is 0 Å². The van der Waals surface area contributed by atoms with Crippen LogP contribution in [0, 0.1) is 0 Å². The van der Waals surface area contributed by atoms with Gasteiger partial charge in [0, 0.05) is 10.9 Å². The Morgan fingerprint density at radius 1 is 1.22 bits per heavy atom. The van der Waals surface area contributed by atoms with Crippen LogP contribution in [0.15, 0.2) is 29.6 Å². The van der Waals surface area contributed by atoms with Crippen LogP contribution < -0.4 is 10.1 Å². The Bertz CT molecular complexity index is 795. The van der Waals surface area contributed by atoms with Crippen LogP contribution in [0.2, 0.25) is 0 Å². The van der Waals surface area contributed by atoms with Crippen LogP contribution in [-0.2, 0) is 16.0 Å². The van der Waals surface area contributed by atoms with E-state index in [1.54, 1.807) is 0 Å². The number of carboxylic acids is 1. The number of amides is 1. The lowest BCUT2D eigenvalue weighted by atomic mass is 9.81. The van der Waals surface area contributed by atoms with Crippen molar-refractivity contribution >= 4 is 23.2 Å². The average Bonchev–Trinajstić information content (AvgIpc) is 3.11. The first-order valence-corrected chi connectivity index (χ1v) is 10.1. The van der Waals surface area contributed by atoms with Gasteiger partial charge in [-0.1, -0.05) is 19.3 Å². The van der Waals surface area contributed by atoms with Crippen molar-refractivity contribution in [3.8, 4) is 16.3 Å². The molecule has 7 heteroatoms. The molecule has 0 atom stereocenters. The predicted molar refractivity (Wildman–Crippen MR) is 104 cm³/mol. The second-order valence-corrected chi connectivity index (χ2v) is 7.63. The number of nitrogens with one attached hydrogen (secondary N) is 1. The SMILES string of the molecule is CCOc1ccc(-c2nc(CC(=O)NC3(C(=O)O)CCCCC3)cs2)cc1. The summed E-state index contributed by atoms with van der Waals surface area (Å²) < 4.78 is 5.44. The molecular formula is C20H24N2O4S. The van der Waals surface area contributed by atoms with Crippen molar-refractivity contribution in [2.75, 3.05) is 6.61 Å². The molecule has 0 bridgehead atoms. The first-order chi connectivity index (χ1) is 13.0. The minimum atomic E-state index is -1.12. The summed E-state index contributed by atoms with van der Waals surface area (Å²) in [6, 6.07) is 7.67. The molecule has 0 aliphatic heterocycles. The number of rotatable bonds is 7. The summed E-state index contributed by atoms with van der Waals surface area (Å²) in [4.78, 5) is 28.6. The third kappa shape index (κ3) is 4.66. The number of carbonyl (C=O) groups excluding carboxylic acids is 1. The Kier molecular flexibility index (Phi) is 6.11. The van der Waals surface area contributed by atoms with Crippen molar-refractivity contribution in [3.05, 3.63) is 35.3 Å². The van der Waals surface area contributed by atoms with E-state index >= 15 is 0 Å². The van der Waals surface area contributed by atoms with E-state index in [2.05, 4.69) is 10.3 Å². The highest BCUT2D eigenvalue weighted by Crippen LogP contribution is 2.29. The van der Waals surface area contributed by atoms with Crippen molar-refractivity contribution in [1.82, 2.24) is 10.3 Å². The molecule has 27 heavy (non-hydrogen) atoms. The number of thiazole rings is 1. The Hall–Kier alpha value is -2.41. The maximum atomic E-state index is 12.4. The first kappa shape index (κ1) is 19.4. The molecule has 0 spiro atoms. The zero-order valence-corrected chi connectivity index (χ0v) is 16.2. The van der Waals surface area contributed by atoms with Crippen LogP contribution >= 0.6 is 11.3 Å². The summed E-state index contributed by atoms with van der Waals surface area (Å²) in [5.41, 5.74) is 0.491. The molecule has 144 valence electrons.